The average Bonchev–Trinajstić information content (AvgIpc) is 3.01. The Bertz CT molecular complexity index is 710. The van der Waals surface area contributed by atoms with Crippen LogP contribution >= 0.6 is 15.9 Å². The number of hydrogen-bond acceptors (Lipinski definition) is 3. The summed E-state index contributed by atoms with van der Waals surface area (Å²) in [5.41, 5.74) is 0.844. The number of aromatic nitrogens is 2. The molecule has 0 amide bonds. The van der Waals surface area contributed by atoms with Crippen molar-refractivity contribution in [3.05, 3.63) is 34.2 Å². The van der Waals surface area contributed by atoms with Gasteiger partial charge in [-0.15, -0.1) is 0 Å². The second kappa shape index (κ2) is 3.56. The van der Waals surface area contributed by atoms with Crippen LogP contribution < -0.4 is 0 Å². The zero-order chi connectivity index (χ0) is 12.9. The minimum Gasteiger partial charge on any atom is -0.476 e. The fourth-order valence-corrected chi connectivity index (χ4v) is 2.53. The van der Waals surface area contributed by atoms with Gasteiger partial charge in [-0.25, -0.2) is 9.78 Å². The van der Waals surface area contributed by atoms with Gasteiger partial charge in [0.2, 0.25) is 0 Å². The third kappa shape index (κ3) is 1.51. The predicted octanol–water partition coefficient (Wildman–Crippen LogP) is 2.35. The fraction of sp³-hybridized carbons (Fsp3) is 0.250. The summed E-state index contributed by atoms with van der Waals surface area (Å²) in [7, 11) is 0. The molecule has 6 heteroatoms. The van der Waals surface area contributed by atoms with Gasteiger partial charge in [-0.2, -0.15) is 5.26 Å². The Labute approximate surface area is 111 Å². The van der Waals surface area contributed by atoms with Gasteiger partial charge in [0.15, 0.2) is 5.69 Å². The van der Waals surface area contributed by atoms with E-state index in [1.165, 1.54) is 6.20 Å². The van der Waals surface area contributed by atoms with Gasteiger partial charge in [-0.1, -0.05) is 0 Å². The van der Waals surface area contributed by atoms with Crippen molar-refractivity contribution < 1.29 is 9.90 Å². The van der Waals surface area contributed by atoms with Crippen molar-refractivity contribution in [2.75, 3.05) is 0 Å². The zero-order valence-corrected chi connectivity index (χ0v) is 10.8. The molecule has 2 aromatic rings. The largest absolute Gasteiger partial charge is 0.476 e. The molecule has 3 rings (SSSR count). The number of carboxylic acids is 1. The maximum Gasteiger partial charge on any atom is 0.356 e. The van der Waals surface area contributed by atoms with Crippen LogP contribution in [0.25, 0.3) is 5.65 Å². The van der Waals surface area contributed by atoms with E-state index in [0.29, 0.717) is 5.65 Å². The highest BCUT2D eigenvalue weighted by Crippen LogP contribution is 2.49. The molecule has 1 N–H and O–H groups in total. The number of aromatic carboxylic acids is 1. The lowest BCUT2D eigenvalue weighted by atomic mass is 9.99. The first-order chi connectivity index (χ1) is 8.55. The van der Waals surface area contributed by atoms with Gasteiger partial charge in [-0.05, 0) is 34.8 Å². The maximum atomic E-state index is 10.9. The Kier molecular flexibility index (Phi) is 2.22. The summed E-state index contributed by atoms with van der Waals surface area (Å²) >= 11 is 3.37. The highest BCUT2D eigenvalue weighted by Gasteiger charge is 2.47. The van der Waals surface area contributed by atoms with E-state index < -0.39 is 11.4 Å². The molecule has 0 aromatic carbocycles. The molecule has 2 aromatic heterocycles. The molecule has 1 aliphatic carbocycles. The summed E-state index contributed by atoms with van der Waals surface area (Å²) in [4.78, 5) is 15.0. The highest BCUT2D eigenvalue weighted by molar-refractivity contribution is 9.10. The van der Waals surface area contributed by atoms with Crippen LogP contribution in [-0.2, 0) is 5.41 Å². The molecule has 0 saturated heterocycles. The minimum absolute atomic E-state index is 0.0110. The van der Waals surface area contributed by atoms with Crippen molar-refractivity contribution in [1.82, 2.24) is 9.38 Å². The van der Waals surface area contributed by atoms with Crippen LogP contribution in [0.5, 0.6) is 0 Å². The van der Waals surface area contributed by atoms with E-state index in [0.717, 1.165) is 22.9 Å². The van der Waals surface area contributed by atoms with E-state index in [1.54, 1.807) is 10.6 Å². The number of pyridine rings is 1. The van der Waals surface area contributed by atoms with E-state index in [2.05, 4.69) is 27.0 Å². The van der Waals surface area contributed by atoms with Crippen LogP contribution in [0, 0.1) is 11.3 Å². The zero-order valence-electron chi connectivity index (χ0n) is 9.22. The SMILES string of the molecule is N#CC1(c2cc(Br)cn3cc(C(=O)O)nc23)CC1. The Morgan fingerprint density at radius 1 is 1.56 bits per heavy atom. The molecule has 1 aliphatic rings. The van der Waals surface area contributed by atoms with Crippen molar-refractivity contribution in [2.24, 2.45) is 0 Å². The molecule has 5 nitrogen and oxygen atoms in total. The first kappa shape index (κ1) is 11.2. The maximum absolute atomic E-state index is 10.9. The van der Waals surface area contributed by atoms with Crippen LogP contribution in [0.3, 0.4) is 0 Å². The number of fused-ring (bicyclic) bond motifs is 1. The van der Waals surface area contributed by atoms with Crippen LogP contribution in [0.15, 0.2) is 22.9 Å². The molecular formula is C12H8BrN3O2. The monoisotopic (exact) mass is 305 g/mol. The average molecular weight is 306 g/mol. The number of nitriles is 1. The highest BCUT2D eigenvalue weighted by atomic mass is 79.9. The number of imidazole rings is 1. The Balaban J connectivity index is 2.31. The van der Waals surface area contributed by atoms with Crippen LogP contribution in [0.2, 0.25) is 0 Å². The van der Waals surface area contributed by atoms with Crippen LogP contribution in [0.4, 0.5) is 0 Å². The number of rotatable bonds is 2. The number of halogens is 1. The van der Waals surface area contributed by atoms with Gasteiger partial charge >= 0.3 is 5.97 Å². The molecule has 2 heterocycles. The van der Waals surface area contributed by atoms with Crippen LogP contribution in [0.1, 0.15) is 28.9 Å². The van der Waals surface area contributed by atoms with Crippen molar-refractivity contribution in [2.45, 2.75) is 18.3 Å². The number of hydrogen-bond donors (Lipinski definition) is 1. The summed E-state index contributed by atoms with van der Waals surface area (Å²) in [6.45, 7) is 0. The number of carboxylic acid groups (broad SMARTS) is 1. The minimum atomic E-state index is -1.07. The summed E-state index contributed by atoms with van der Waals surface area (Å²) in [6.07, 6.45) is 4.79. The van der Waals surface area contributed by atoms with Gasteiger partial charge in [0.1, 0.15) is 5.65 Å². The molecule has 0 bridgehead atoms. The van der Waals surface area contributed by atoms with Gasteiger partial charge in [-0.3, -0.25) is 0 Å². The van der Waals surface area contributed by atoms with Gasteiger partial charge < -0.3 is 9.51 Å². The molecule has 1 saturated carbocycles. The molecule has 90 valence electrons. The predicted molar refractivity (Wildman–Crippen MR) is 66.4 cm³/mol. The molecule has 0 spiro atoms. The second-order valence-electron chi connectivity index (χ2n) is 4.43. The van der Waals surface area contributed by atoms with E-state index in [4.69, 9.17) is 5.11 Å². The van der Waals surface area contributed by atoms with Crippen molar-refractivity contribution in [3.8, 4) is 6.07 Å². The normalized spacial score (nSPS) is 16.4. The van der Waals surface area contributed by atoms with E-state index >= 15 is 0 Å². The Morgan fingerprint density at radius 2 is 2.28 bits per heavy atom. The van der Waals surface area contributed by atoms with Gasteiger partial charge in [0, 0.05) is 22.4 Å². The Morgan fingerprint density at radius 3 is 2.83 bits per heavy atom. The topological polar surface area (TPSA) is 78.4 Å². The molecule has 0 unspecified atom stereocenters. The molecule has 1 fully saturated rings. The standard InChI is InChI=1S/C12H8BrN3O2/c13-7-3-8(12(6-14)1-2-12)10-15-9(11(17)18)5-16(10)4-7/h3-5H,1-2H2,(H,17,18). The summed E-state index contributed by atoms with van der Waals surface area (Å²) in [5.74, 6) is -1.07. The fourth-order valence-electron chi connectivity index (χ4n) is 2.09. The smallest absolute Gasteiger partial charge is 0.356 e. The second-order valence-corrected chi connectivity index (χ2v) is 5.34. The lowest BCUT2D eigenvalue weighted by Crippen LogP contribution is -2.06. The molecule has 18 heavy (non-hydrogen) atoms. The van der Waals surface area contributed by atoms with Crippen molar-refractivity contribution in [1.29, 1.82) is 5.26 Å². The molecular weight excluding hydrogens is 298 g/mol. The molecule has 0 radical (unpaired) electrons. The van der Waals surface area contributed by atoms with Crippen molar-refractivity contribution in [3.63, 3.8) is 0 Å². The summed E-state index contributed by atoms with van der Waals surface area (Å²) < 4.78 is 2.46. The third-order valence-corrected chi connectivity index (χ3v) is 3.65. The molecule has 0 aliphatic heterocycles. The summed E-state index contributed by atoms with van der Waals surface area (Å²) in [5, 5.41) is 18.2. The van der Waals surface area contributed by atoms with Crippen molar-refractivity contribution >= 4 is 27.5 Å². The first-order valence-corrected chi connectivity index (χ1v) is 6.18. The lowest BCUT2D eigenvalue weighted by molar-refractivity contribution is 0.0691. The Hall–Kier alpha value is -1.87. The van der Waals surface area contributed by atoms with E-state index in [-0.39, 0.29) is 5.69 Å². The van der Waals surface area contributed by atoms with Crippen LogP contribution in [-0.4, -0.2) is 20.5 Å². The quantitative estimate of drug-likeness (QED) is 0.923. The third-order valence-electron chi connectivity index (χ3n) is 3.22. The van der Waals surface area contributed by atoms with Gasteiger partial charge in [0.05, 0.1) is 11.5 Å². The molecule has 0 atom stereocenters. The van der Waals surface area contributed by atoms with E-state index in [9.17, 15) is 10.1 Å². The number of nitrogens with zero attached hydrogens (tertiary/aromatic N) is 3. The van der Waals surface area contributed by atoms with Gasteiger partial charge in [0.25, 0.3) is 0 Å². The van der Waals surface area contributed by atoms with E-state index in [1.807, 2.05) is 6.07 Å². The number of carbonyl (C=O) groups is 1. The lowest BCUT2D eigenvalue weighted by Gasteiger charge is -2.08. The first-order valence-electron chi connectivity index (χ1n) is 5.39. The summed E-state index contributed by atoms with van der Waals surface area (Å²) in [6, 6.07) is 4.16.